The molecular weight excluding hydrogens is 200 g/mol. The molecule has 16 heavy (non-hydrogen) atoms. The lowest BCUT2D eigenvalue weighted by atomic mass is 10.1. The number of amides is 1. The Labute approximate surface area is 97.2 Å². The Hall–Kier alpha value is -1.51. The van der Waals surface area contributed by atoms with Gasteiger partial charge in [-0.1, -0.05) is 32.0 Å². The second-order valence-electron chi connectivity index (χ2n) is 3.87. The molecule has 0 aliphatic rings. The van der Waals surface area contributed by atoms with Crippen LogP contribution in [-0.2, 0) is 11.3 Å². The zero-order valence-corrected chi connectivity index (χ0v) is 10.1. The predicted molar refractivity (Wildman–Crippen MR) is 66.9 cm³/mol. The molecule has 0 saturated heterocycles. The molecule has 0 radical (unpaired) electrons. The van der Waals surface area contributed by atoms with Crippen LogP contribution in [0, 0.1) is 0 Å². The Balaban J connectivity index is 2.75. The van der Waals surface area contributed by atoms with Crippen molar-refractivity contribution in [3.63, 3.8) is 0 Å². The number of nitrogen functional groups attached to an aromatic ring is 1. The number of nitrogens with zero attached hydrogens (tertiary/aromatic N) is 1. The van der Waals surface area contributed by atoms with E-state index < -0.39 is 0 Å². The fraction of sp³-hybridized carbons (Fsp3) is 0.462. The molecule has 1 rings (SSSR count). The van der Waals surface area contributed by atoms with Gasteiger partial charge < -0.3 is 10.6 Å². The summed E-state index contributed by atoms with van der Waals surface area (Å²) in [6.45, 7) is 5.37. The van der Waals surface area contributed by atoms with Crippen molar-refractivity contribution < 1.29 is 4.79 Å². The molecule has 0 spiro atoms. The van der Waals surface area contributed by atoms with Crippen molar-refractivity contribution in [2.24, 2.45) is 0 Å². The van der Waals surface area contributed by atoms with Crippen molar-refractivity contribution in [2.75, 3.05) is 12.3 Å². The van der Waals surface area contributed by atoms with E-state index in [4.69, 9.17) is 5.73 Å². The van der Waals surface area contributed by atoms with E-state index in [-0.39, 0.29) is 5.91 Å². The lowest BCUT2D eigenvalue weighted by Gasteiger charge is -2.22. The fourth-order valence-corrected chi connectivity index (χ4v) is 1.67. The summed E-state index contributed by atoms with van der Waals surface area (Å²) in [6.07, 6.45) is 1.52. The van der Waals surface area contributed by atoms with Gasteiger partial charge in [-0.25, -0.2) is 0 Å². The number of benzene rings is 1. The first-order valence-corrected chi connectivity index (χ1v) is 5.80. The molecular formula is C13H20N2O. The zero-order valence-electron chi connectivity index (χ0n) is 10.1. The fourth-order valence-electron chi connectivity index (χ4n) is 1.67. The van der Waals surface area contributed by atoms with Crippen LogP contribution in [0.15, 0.2) is 24.3 Å². The van der Waals surface area contributed by atoms with E-state index in [0.29, 0.717) is 13.0 Å². The number of para-hydroxylation sites is 1. The molecule has 1 amide bonds. The highest BCUT2D eigenvalue weighted by Gasteiger charge is 2.11. The van der Waals surface area contributed by atoms with Gasteiger partial charge in [-0.05, 0) is 18.1 Å². The van der Waals surface area contributed by atoms with Crippen LogP contribution in [0.3, 0.4) is 0 Å². The first kappa shape index (κ1) is 12.6. The van der Waals surface area contributed by atoms with Gasteiger partial charge in [0.15, 0.2) is 0 Å². The number of nitrogens with two attached hydrogens (primary N) is 1. The maximum Gasteiger partial charge on any atom is 0.222 e. The summed E-state index contributed by atoms with van der Waals surface area (Å²) in [5, 5.41) is 0. The molecule has 0 aromatic heterocycles. The molecule has 0 atom stereocenters. The van der Waals surface area contributed by atoms with Gasteiger partial charge in [-0.3, -0.25) is 4.79 Å². The molecule has 0 unspecified atom stereocenters. The van der Waals surface area contributed by atoms with E-state index in [1.54, 1.807) is 0 Å². The SMILES string of the molecule is CCCN(Cc1ccccc1N)C(=O)CC. The van der Waals surface area contributed by atoms with Gasteiger partial charge in [0.25, 0.3) is 0 Å². The van der Waals surface area contributed by atoms with Crippen LogP contribution in [-0.4, -0.2) is 17.4 Å². The highest BCUT2D eigenvalue weighted by molar-refractivity contribution is 5.76. The lowest BCUT2D eigenvalue weighted by Crippen LogP contribution is -2.30. The third-order valence-electron chi connectivity index (χ3n) is 2.56. The van der Waals surface area contributed by atoms with E-state index in [2.05, 4.69) is 6.92 Å². The van der Waals surface area contributed by atoms with Crippen LogP contribution in [0.5, 0.6) is 0 Å². The van der Waals surface area contributed by atoms with Crippen LogP contribution in [0.4, 0.5) is 5.69 Å². The van der Waals surface area contributed by atoms with Crippen molar-refractivity contribution in [1.82, 2.24) is 4.90 Å². The number of anilines is 1. The summed E-state index contributed by atoms with van der Waals surface area (Å²) in [4.78, 5) is 13.6. The standard InChI is InChI=1S/C13H20N2O/c1-3-9-15(13(16)4-2)10-11-7-5-6-8-12(11)14/h5-8H,3-4,9-10,14H2,1-2H3. The largest absolute Gasteiger partial charge is 0.398 e. The third kappa shape index (κ3) is 3.26. The van der Waals surface area contributed by atoms with Crippen LogP contribution in [0.2, 0.25) is 0 Å². The molecule has 0 heterocycles. The predicted octanol–water partition coefficient (Wildman–Crippen LogP) is 2.42. The molecule has 2 N–H and O–H groups in total. The first-order valence-electron chi connectivity index (χ1n) is 5.80. The number of hydrogen-bond donors (Lipinski definition) is 1. The molecule has 1 aromatic carbocycles. The molecule has 3 nitrogen and oxygen atoms in total. The minimum absolute atomic E-state index is 0.185. The Morgan fingerprint density at radius 3 is 2.56 bits per heavy atom. The van der Waals surface area contributed by atoms with E-state index in [1.807, 2.05) is 36.1 Å². The summed E-state index contributed by atoms with van der Waals surface area (Å²) < 4.78 is 0. The average molecular weight is 220 g/mol. The molecule has 0 saturated carbocycles. The summed E-state index contributed by atoms with van der Waals surface area (Å²) >= 11 is 0. The third-order valence-corrected chi connectivity index (χ3v) is 2.56. The highest BCUT2D eigenvalue weighted by Crippen LogP contribution is 2.14. The summed E-state index contributed by atoms with van der Waals surface area (Å²) in [7, 11) is 0. The number of hydrogen-bond acceptors (Lipinski definition) is 2. The Bertz CT molecular complexity index is 350. The van der Waals surface area contributed by atoms with Crippen molar-refractivity contribution in [1.29, 1.82) is 0 Å². The molecule has 88 valence electrons. The van der Waals surface area contributed by atoms with Crippen LogP contribution < -0.4 is 5.73 Å². The Morgan fingerprint density at radius 1 is 1.31 bits per heavy atom. The topological polar surface area (TPSA) is 46.3 Å². The van der Waals surface area contributed by atoms with E-state index in [9.17, 15) is 4.79 Å². The van der Waals surface area contributed by atoms with Gasteiger partial charge in [-0.2, -0.15) is 0 Å². The van der Waals surface area contributed by atoms with Crippen LogP contribution in [0.1, 0.15) is 32.3 Å². The number of rotatable bonds is 5. The van der Waals surface area contributed by atoms with Gasteiger partial charge in [0.2, 0.25) is 5.91 Å². The summed E-state index contributed by atoms with van der Waals surface area (Å²) in [5.74, 6) is 0.185. The van der Waals surface area contributed by atoms with Gasteiger partial charge >= 0.3 is 0 Å². The van der Waals surface area contributed by atoms with Crippen LogP contribution in [0.25, 0.3) is 0 Å². The maximum absolute atomic E-state index is 11.7. The highest BCUT2D eigenvalue weighted by atomic mass is 16.2. The quantitative estimate of drug-likeness (QED) is 0.775. The van der Waals surface area contributed by atoms with Gasteiger partial charge in [0, 0.05) is 25.2 Å². The molecule has 0 fully saturated rings. The number of carbonyl (C=O) groups excluding carboxylic acids is 1. The van der Waals surface area contributed by atoms with E-state index >= 15 is 0 Å². The van der Waals surface area contributed by atoms with Crippen molar-refractivity contribution in [3.8, 4) is 0 Å². The second kappa shape index (κ2) is 6.16. The number of carbonyl (C=O) groups is 1. The van der Waals surface area contributed by atoms with Gasteiger partial charge in [0.1, 0.15) is 0 Å². The lowest BCUT2D eigenvalue weighted by molar-refractivity contribution is -0.131. The van der Waals surface area contributed by atoms with E-state index in [0.717, 1.165) is 24.2 Å². The maximum atomic E-state index is 11.7. The zero-order chi connectivity index (χ0) is 12.0. The molecule has 0 bridgehead atoms. The van der Waals surface area contributed by atoms with Gasteiger partial charge in [0.05, 0.1) is 0 Å². The Morgan fingerprint density at radius 2 is 2.00 bits per heavy atom. The Kier molecular flexibility index (Phi) is 4.83. The summed E-state index contributed by atoms with van der Waals surface area (Å²) in [5.41, 5.74) is 7.65. The monoisotopic (exact) mass is 220 g/mol. The van der Waals surface area contributed by atoms with E-state index in [1.165, 1.54) is 0 Å². The van der Waals surface area contributed by atoms with Crippen molar-refractivity contribution in [2.45, 2.75) is 33.2 Å². The molecule has 0 aliphatic carbocycles. The second-order valence-corrected chi connectivity index (χ2v) is 3.87. The molecule has 0 aliphatic heterocycles. The normalized spacial score (nSPS) is 10.1. The van der Waals surface area contributed by atoms with Crippen LogP contribution >= 0.6 is 0 Å². The first-order chi connectivity index (χ1) is 7.69. The molecule has 3 heteroatoms. The molecule has 1 aromatic rings. The van der Waals surface area contributed by atoms with Gasteiger partial charge in [-0.15, -0.1) is 0 Å². The van der Waals surface area contributed by atoms with Crippen molar-refractivity contribution >= 4 is 11.6 Å². The minimum Gasteiger partial charge on any atom is -0.398 e. The van der Waals surface area contributed by atoms with Crippen molar-refractivity contribution in [3.05, 3.63) is 29.8 Å². The average Bonchev–Trinajstić information content (AvgIpc) is 2.30. The summed E-state index contributed by atoms with van der Waals surface area (Å²) in [6, 6.07) is 7.70. The smallest absolute Gasteiger partial charge is 0.222 e. The minimum atomic E-state index is 0.185.